The third kappa shape index (κ3) is 2.73. The van der Waals surface area contributed by atoms with Crippen LogP contribution in [0.2, 0.25) is 5.15 Å². The molecule has 0 bridgehead atoms. The number of halogens is 1. The van der Waals surface area contributed by atoms with Crippen molar-refractivity contribution in [2.24, 2.45) is 5.10 Å². The summed E-state index contributed by atoms with van der Waals surface area (Å²) < 4.78 is 1.59. The van der Waals surface area contributed by atoms with Gasteiger partial charge in [-0.1, -0.05) is 54.1 Å². The number of nitrogens with zero attached hydrogens (tertiary/aromatic N) is 4. The molecule has 2 heterocycles. The first-order chi connectivity index (χ1) is 14.6. The SMILES string of the molecule is Cc1nn(-c2ccccc2)c(Cl)c1/C=N/N1C(=O)c2cccc3cccc(c23)C1=O. The minimum Gasteiger partial charge on any atom is -0.267 e. The van der Waals surface area contributed by atoms with Crippen LogP contribution in [0.15, 0.2) is 71.8 Å². The lowest BCUT2D eigenvalue weighted by molar-refractivity contribution is 0.0616. The van der Waals surface area contributed by atoms with Crippen molar-refractivity contribution in [2.45, 2.75) is 6.92 Å². The monoisotopic (exact) mass is 414 g/mol. The molecule has 146 valence electrons. The molecule has 0 unspecified atom stereocenters. The largest absolute Gasteiger partial charge is 0.282 e. The molecule has 30 heavy (non-hydrogen) atoms. The van der Waals surface area contributed by atoms with Crippen molar-refractivity contribution >= 4 is 40.4 Å². The highest BCUT2D eigenvalue weighted by atomic mass is 35.5. The number of carbonyl (C=O) groups is 2. The third-order valence-corrected chi connectivity index (χ3v) is 5.47. The van der Waals surface area contributed by atoms with E-state index >= 15 is 0 Å². The van der Waals surface area contributed by atoms with Crippen molar-refractivity contribution < 1.29 is 9.59 Å². The van der Waals surface area contributed by atoms with Crippen LogP contribution in [-0.4, -0.2) is 32.8 Å². The molecule has 1 aliphatic heterocycles. The molecular formula is C23H15ClN4O2. The van der Waals surface area contributed by atoms with Crippen molar-refractivity contribution in [1.82, 2.24) is 14.8 Å². The zero-order valence-electron chi connectivity index (χ0n) is 15.9. The fourth-order valence-corrected chi connectivity index (χ4v) is 3.96. The van der Waals surface area contributed by atoms with Crippen molar-refractivity contribution in [2.75, 3.05) is 0 Å². The highest BCUT2D eigenvalue weighted by Gasteiger charge is 2.32. The molecule has 0 saturated carbocycles. The van der Waals surface area contributed by atoms with Gasteiger partial charge < -0.3 is 0 Å². The van der Waals surface area contributed by atoms with E-state index in [1.165, 1.54) is 6.21 Å². The Bertz CT molecular complexity index is 1310. The second kappa shape index (κ2) is 6.93. The molecule has 5 rings (SSSR count). The lowest BCUT2D eigenvalue weighted by atomic mass is 9.95. The molecule has 4 aromatic rings. The van der Waals surface area contributed by atoms with Crippen LogP contribution in [0.3, 0.4) is 0 Å². The number of aromatic nitrogens is 2. The van der Waals surface area contributed by atoms with Gasteiger partial charge in [-0.05, 0) is 36.6 Å². The zero-order valence-corrected chi connectivity index (χ0v) is 16.7. The lowest BCUT2D eigenvalue weighted by Crippen LogP contribution is -2.36. The quantitative estimate of drug-likeness (QED) is 0.363. The summed E-state index contributed by atoms with van der Waals surface area (Å²) in [5.41, 5.74) is 2.87. The summed E-state index contributed by atoms with van der Waals surface area (Å²) in [4.78, 5) is 25.9. The standard InChI is InChI=1S/C23H15ClN4O2/c1-14-19(21(24)27(26-14)16-9-3-2-4-10-16)13-25-28-22(29)17-11-5-7-15-8-6-12-18(20(15)17)23(28)30/h2-13H,1H3/b25-13+. The summed E-state index contributed by atoms with van der Waals surface area (Å²) >= 11 is 6.52. The van der Waals surface area contributed by atoms with Gasteiger partial charge in [-0.25, -0.2) is 4.68 Å². The Morgan fingerprint density at radius 1 is 0.900 bits per heavy atom. The van der Waals surface area contributed by atoms with Gasteiger partial charge in [-0.2, -0.15) is 15.2 Å². The number of aryl methyl sites for hydroxylation is 1. The van der Waals surface area contributed by atoms with Crippen LogP contribution in [0.4, 0.5) is 0 Å². The predicted octanol–water partition coefficient (Wildman–Crippen LogP) is 4.62. The fourth-order valence-electron chi connectivity index (χ4n) is 3.64. The normalized spacial score (nSPS) is 13.6. The van der Waals surface area contributed by atoms with Crippen LogP contribution in [0.5, 0.6) is 0 Å². The smallest absolute Gasteiger partial charge is 0.267 e. The molecule has 6 nitrogen and oxygen atoms in total. The van der Waals surface area contributed by atoms with E-state index in [9.17, 15) is 9.59 Å². The van der Waals surface area contributed by atoms with Crippen molar-refractivity contribution in [3.63, 3.8) is 0 Å². The van der Waals surface area contributed by atoms with E-state index in [0.717, 1.165) is 16.1 Å². The zero-order chi connectivity index (χ0) is 20.8. The molecule has 0 radical (unpaired) electrons. The number of rotatable bonds is 3. The maximum Gasteiger partial charge on any atom is 0.282 e. The van der Waals surface area contributed by atoms with Gasteiger partial charge in [-0.3, -0.25) is 9.59 Å². The number of para-hydroxylation sites is 1. The topological polar surface area (TPSA) is 67.6 Å². The highest BCUT2D eigenvalue weighted by molar-refractivity contribution is 6.32. The lowest BCUT2D eigenvalue weighted by Gasteiger charge is -2.22. The van der Waals surface area contributed by atoms with Crippen LogP contribution in [0.1, 0.15) is 32.0 Å². The molecule has 1 aromatic heterocycles. The van der Waals surface area contributed by atoms with Gasteiger partial charge in [0.25, 0.3) is 11.8 Å². The van der Waals surface area contributed by atoms with E-state index in [1.807, 2.05) is 42.5 Å². The van der Waals surface area contributed by atoms with Gasteiger partial charge in [0, 0.05) is 5.39 Å². The van der Waals surface area contributed by atoms with Crippen LogP contribution >= 0.6 is 11.6 Å². The van der Waals surface area contributed by atoms with E-state index in [0.29, 0.717) is 32.9 Å². The summed E-state index contributed by atoms with van der Waals surface area (Å²) in [5.74, 6) is -0.936. The minimum absolute atomic E-state index is 0.349. The fraction of sp³-hybridized carbons (Fsp3) is 0.0435. The molecule has 1 aliphatic rings. The highest BCUT2D eigenvalue weighted by Crippen LogP contribution is 2.30. The van der Waals surface area contributed by atoms with E-state index in [4.69, 9.17) is 11.6 Å². The van der Waals surface area contributed by atoms with Crippen LogP contribution in [0, 0.1) is 6.92 Å². The Morgan fingerprint density at radius 3 is 2.17 bits per heavy atom. The van der Waals surface area contributed by atoms with Crippen molar-refractivity contribution in [1.29, 1.82) is 0 Å². The van der Waals surface area contributed by atoms with Gasteiger partial charge in [0.1, 0.15) is 5.15 Å². The van der Waals surface area contributed by atoms with E-state index < -0.39 is 11.8 Å². The maximum atomic E-state index is 13.0. The summed E-state index contributed by atoms with van der Waals surface area (Å²) in [6.07, 6.45) is 1.41. The summed E-state index contributed by atoms with van der Waals surface area (Å²) in [5, 5.41) is 11.4. The number of imide groups is 1. The number of hydrogen-bond donors (Lipinski definition) is 0. The second-order valence-electron chi connectivity index (χ2n) is 6.91. The van der Waals surface area contributed by atoms with E-state index in [-0.39, 0.29) is 0 Å². The van der Waals surface area contributed by atoms with Crippen LogP contribution in [-0.2, 0) is 0 Å². The summed E-state index contributed by atoms with van der Waals surface area (Å²) in [6, 6.07) is 20.2. The van der Waals surface area contributed by atoms with E-state index in [2.05, 4.69) is 10.2 Å². The summed E-state index contributed by atoms with van der Waals surface area (Å²) in [7, 11) is 0. The van der Waals surface area contributed by atoms with E-state index in [1.54, 1.807) is 35.9 Å². The molecule has 7 heteroatoms. The third-order valence-electron chi connectivity index (χ3n) is 5.10. The first-order valence-corrected chi connectivity index (χ1v) is 9.69. The minimum atomic E-state index is -0.468. The first kappa shape index (κ1) is 18.3. The molecule has 0 atom stereocenters. The van der Waals surface area contributed by atoms with Gasteiger partial charge in [0.05, 0.1) is 34.3 Å². The molecule has 3 aromatic carbocycles. The molecular weight excluding hydrogens is 400 g/mol. The van der Waals surface area contributed by atoms with Crippen molar-refractivity contribution in [3.05, 3.63) is 94.3 Å². The number of hydrazone groups is 1. The Morgan fingerprint density at radius 2 is 1.53 bits per heavy atom. The molecule has 0 saturated heterocycles. The Balaban J connectivity index is 1.55. The van der Waals surface area contributed by atoms with Gasteiger partial charge in [0.15, 0.2) is 0 Å². The van der Waals surface area contributed by atoms with Crippen LogP contribution < -0.4 is 0 Å². The predicted molar refractivity (Wildman–Crippen MR) is 115 cm³/mol. The number of hydrogen-bond acceptors (Lipinski definition) is 4. The molecule has 0 N–H and O–H groups in total. The van der Waals surface area contributed by atoms with Crippen LogP contribution in [0.25, 0.3) is 16.5 Å². The number of amides is 2. The second-order valence-corrected chi connectivity index (χ2v) is 7.27. The Labute approximate surface area is 177 Å². The van der Waals surface area contributed by atoms with Gasteiger partial charge in [-0.15, -0.1) is 0 Å². The Kier molecular flexibility index (Phi) is 4.22. The molecule has 0 fully saturated rings. The summed E-state index contributed by atoms with van der Waals surface area (Å²) in [6.45, 7) is 1.79. The average Bonchev–Trinajstić information content (AvgIpc) is 3.06. The first-order valence-electron chi connectivity index (χ1n) is 9.31. The van der Waals surface area contributed by atoms with Gasteiger partial charge in [0.2, 0.25) is 0 Å². The Hall–Kier alpha value is -3.77. The molecule has 0 aliphatic carbocycles. The average molecular weight is 415 g/mol. The number of benzene rings is 3. The van der Waals surface area contributed by atoms with Crippen molar-refractivity contribution in [3.8, 4) is 5.69 Å². The molecule has 2 amide bonds. The molecule has 0 spiro atoms. The maximum absolute atomic E-state index is 13.0. The van der Waals surface area contributed by atoms with Gasteiger partial charge >= 0.3 is 0 Å². The number of carbonyl (C=O) groups excluding carboxylic acids is 2.